The summed E-state index contributed by atoms with van der Waals surface area (Å²) in [6.07, 6.45) is 8.75. The van der Waals surface area contributed by atoms with Crippen LogP contribution in [0.1, 0.15) is 31.2 Å². The maximum atomic E-state index is 12.0. The van der Waals surface area contributed by atoms with Crippen LogP contribution in [0.15, 0.2) is 42.6 Å². The molecule has 120 valence electrons. The van der Waals surface area contributed by atoms with Gasteiger partial charge in [-0.25, -0.2) is 0 Å². The third-order valence-electron chi connectivity index (χ3n) is 4.42. The highest BCUT2D eigenvalue weighted by atomic mass is 16.3. The molecule has 1 aromatic carbocycles. The Morgan fingerprint density at radius 3 is 3.04 bits per heavy atom. The minimum absolute atomic E-state index is 0.0917. The van der Waals surface area contributed by atoms with Gasteiger partial charge < -0.3 is 10.4 Å². The van der Waals surface area contributed by atoms with E-state index in [1.165, 1.54) is 0 Å². The second kappa shape index (κ2) is 7.38. The fraction of sp³-hybridized carbons (Fsp3) is 0.368. The minimum atomic E-state index is -0.204. The Kier molecular flexibility index (Phi) is 5.03. The van der Waals surface area contributed by atoms with Crippen molar-refractivity contribution < 1.29 is 9.90 Å². The van der Waals surface area contributed by atoms with Crippen molar-refractivity contribution in [1.82, 2.24) is 10.3 Å². The minimum Gasteiger partial charge on any atom is -0.393 e. The predicted octanol–water partition coefficient (Wildman–Crippen LogP) is 2.92. The van der Waals surface area contributed by atoms with Crippen molar-refractivity contribution >= 4 is 22.9 Å². The van der Waals surface area contributed by atoms with Crippen molar-refractivity contribution in [3.05, 3.63) is 48.2 Å². The molecule has 0 bridgehead atoms. The van der Waals surface area contributed by atoms with E-state index >= 15 is 0 Å². The van der Waals surface area contributed by atoms with Crippen LogP contribution in [0.4, 0.5) is 0 Å². The first-order chi connectivity index (χ1) is 11.2. The van der Waals surface area contributed by atoms with Crippen LogP contribution in [-0.4, -0.2) is 28.6 Å². The molecule has 1 aliphatic rings. The fourth-order valence-electron chi connectivity index (χ4n) is 3.18. The molecule has 0 spiro atoms. The van der Waals surface area contributed by atoms with Crippen LogP contribution in [0.5, 0.6) is 0 Å². The first-order valence-corrected chi connectivity index (χ1v) is 8.20. The monoisotopic (exact) mass is 310 g/mol. The highest BCUT2D eigenvalue weighted by molar-refractivity contribution is 5.95. The smallest absolute Gasteiger partial charge is 0.244 e. The molecule has 0 aliphatic heterocycles. The standard InChI is InChI=1S/C19H22N2O2/c22-16-5-3-4-14(12-16)13-21-19(23)9-8-15-10-11-20-18-7-2-1-6-17(15)18/h1-2,6-11,14,16,22H,3-5,12-13H2,(H,21,23). The number of carbonyl (C=O) groups excluding carboxylic acids is 1. The molecule has 2 N–H and O–H groups in total. The molecular formula is C19H22N2O2. The predicted molar refractivity (Wildman–Crippen MR) is 91.8 cm³/mol. The van der Waals surface area contributed by atoms with Gasteiger partial charge in [0.05, 0.1) is 11.6 Å². The van der Waals surface area contributed by atoms with E-state index < -0.39 is 0 Å². The average molecular weight is 310 g/mol. The molecule has 0 saturated heterocycles. The molecule has 2 atom stereocenters. The molecule has 2 unspecified atom stereocenters. The van der Waals surface area contributed by atoms with Gasteiger partial charge in [0.25, 0.3) is 0 Å². The summed E-state index contributed by atoms with van der Waals surface area (Å²) in [7, 11) is 0. The summed E-state index contributed by atoms with van der Waals surface area (Å²) in [5, 5.41) is 13.6. The topological polar surface area (TPSA) is 62.2 Å². The molecular weight excluding hydrogens is 288 g/mol. The van der Waals surface area contributed by atoms with Gasteiger partial charge in [-0.05, 0) is 49.0 Å². The highest BCUT2D eigenvalue weighted by Crippen LogP contribution is 2.23. The normalized spacial score (nSPS) is 21.6. The Balaban J connectivity index is 1.59. The zero-order valence-corrected chi connectivity index (χ0v) is 13.1. The molecule has 4 nitrogen and oxygen atoms in total. The van der Waals surface area contributed by atoms with E-state index in [2.05, 4.69) is 10.3 Å². The third-order valence-corrected chi connectivity index (χ3v) is 4.42. The van der Waals surface area contributed by atoms with Gasteiger partial charge in [-0.15, -0.1) is 0 Å². The third kappa shape index (κ3) is 4.17. The summed E-state index contributed by atoms with van der Waals surface area (Å²) in [6, 6.07) is 9.79. The Morgan fingerprint density at radius 1 is 1.30 bits per heavy atom. The van der Waals surface area contributed by atoms with Crippen LogP contribution in [0.3, 0.4) is 0 Å². The molecule has 1 fully saturated rings. The number of aliphatic hydroxyl groups is 1. The van der Waals surface area contributed by atoms with E-state index in [1.807, 2.05) is 36.4 Å². The van der Waals surface area contributed by atoms with E-state index in [1.54, 1.807) is 12.3 Å². The van der Waals surface area contributed by atoms with Gasteiger partial charge in [-0.2, -0.15) is 0 Å². The average Bonchev–Trinajstić information content (AvgIpc) is 2.58. The number of nitrogens with one attached hydrogen (secondary N) is 1. The Morgan fingerprint density at radius 2 is 2.17 bits per heavy atom. The number of nitrogens with zero attached hydrogens (tertiary/aromatic N) is 1. The Labute approximate surface area is 136 Å². The summed E-state index contributed by atoms with van der Waals surface area (Å²) >= 11 is 0. The molecule has 4 heteroatoms. The lowest BCUT2D eigenvalue weighted by Crippen LogP contribution is -2.32. The molecule has 1 saturated carbocycles. The number of pyridine rings is 1. The molecule has 1 heterocycles. The van der Waals surface area contributed by atoms with Crippen LogP contribution < -0.4 is 5.32 Å². The van der Waals surface area contributed by atoms with Crippen molar-refractivity contribution in [2.75, 3.05) is 6.54 Å². The van der Waals surface area contributed by atoms with Crippen molar-refractivity contribution in [3.8, 4) is 0 Å². The second-order valence-electron chi connectivity index (χ2n) is 6.18. The molecule has 2 aromatic rings. The Hall–Kier alpha value is -2.20. The Bertz CT molecular complexity index is 706. The van der Waals surface area contributed by atoms with Crippen LogP contribution in [0.25, 0.3) is 17.0 Å². The van der Waals surface area contributed by atoms with Crippen LogP contribution in [-0.2, 0) is 4.79 Å². The van der Waals surface area contributed by atoms with Gasteiger partial charge in [0.15, 0.2) is 0 Å². The zero-order chi connectivity index (χ0) is 16.1. The second-order valence-corrected chi connectivity index (χ2v) is 6.18. The maximum absolute atomic E-state index is 12.0. The van der Waals surface area contributed by atoms with E-state index in [4.69, 9.17) is 0 Å². The van der Waals surface area contributed by atoms with E-state index in [9.17, 15) is 9.90 Å². The van der Waals surface area contributed by atoms with E-state index in [0.717, 1.165) is 42.1 Å². The van der Waals surface area contributed by atoms with Gasteiger partial charge in [0, 0.05) is 24.2 Å². The summed E-state index contributed by atoms with van der Waals surface area (Å²) in [5.41, 5.74) is 1.91. The lowest BCUT2D eigenvalue weighted by Gasteiger charge is -2.25. The van der Waals surface area contributed by atoms with Crippen LogP contribution in [0.2, 0.25) is 0 Å². The first-order valence-electron chi connectivity index (χ1n) is 8.20. The van der Waals surface area contributed by atoms with Gasteiger partial charge in [0.1, 0.15) is 0 Å². The molecule has 1 aromatic heterocycles. The summed E-state index contributed by atoms with van der Waals surface area (Å²) in [4.78, 5) is 16.3. The van der Waals surface area contributed by atoms with Crippen molar-refractivity contribution in [3.63, 3.8) is 0 Å². The highest BCUT2D eigenvalue weighted by Gasteiger charge is 2.20. The SMILES string of the molecule is O=C(C=Cc1ccnc2ccccc12)NCC1CCCC(O)C1. The van der Waals surface area contributed by atoms with Gasteiger partial charge in [-0.1, -0.05) is 24.6 Å². The number of amides is 1. The van der Waals surface area contributed by atoms with E-state index in [-0.39, 0.29) is 12.0 Å². The number of fused-ring (bicyclic) bond motifs is 1. The number of hydrogen-bond acceptors (Lipinski definition) is 3. The number of benzene rings is 1. The molecule has 0 radical (unpaired) electrons. The summed E-state index contributed by atoms with van der Waals surface area (Å²) in [5.74, 6) is 0.295. The summed E-state index contributed by atoms with van der Waals surface area (Å²) in [6.45, 7) is 0.636. The van der Waals surface area contributed by atoms with Crippen molar-refractivity contribution in [1.29, 1.82) is 0 Å². The molecule has 1 amide bonds. The number of para-hydroxylation sites is 1. The number of rotatable bonds is 4. The van der Waals surface area contributed by atoms with Gasteiger partial charge in [0.2, 0.25) is 5.91 Å². The fourth-order valence-corrected chi connectivity index (χ4v) is 3.18. The first kappa shape index (κ1) is 15.7. The zero-order valence-electron chi connectivity index (χ0n) is 13.1. The number of aromatic nitrogens is 1. The lowest BCUT2D eigenvalue weighted by atomic mass is 9.87. The van der Waals surface area contributed by atoms with Crippen LogP contribution in [0, 0.1) is 5.92 Å². The summed E-state index contributed by atoms with van der Waals surface area (Å²) < 4.78 is 0. The number of carbonyl (C=O) groups is 1. The largest absolute Gasteiger partial charge is 0.393 e. The number of hydrogen-bond donors (Lipinski definition) is 2. The quantitative estimate of drug-likeness (QED) is 0.854. The van der Waals surface area contributed by atoms with Gasteiger partial charge >= 0.3 is 0 Å². The van der Waals surface area contributed by atoms with E-state index in [0.29, 0.717) is 12.5 Å². The number of aliphatic hydroxyl groups excluding tert-OH is 1. The van der Waals surface area contributed by atoms with Crippen molar-refractivity contribution in [2.45, 2.75) is 31.8 Å². The molecule has 3 rings (SSSR count). The van der Waals surface area contributed by atoms with Gasteiger partial charge in [-0.3, -0.25) is 9.78 Å². The molecule has 1 aliphatic carbocycles. The lowest BCUT2D eigenvalue weighted by molar-refractivity contribution is -0.116. The maximum Gasteiger partial charge on any atom is 0.244 e. The molecule has 23 heavy (non-hydrogen) atoms. The van der Waals surface area contributed by atoms with Crippen molar-refractivity contribution in [2.24, 2.45) is 5.92 Å². The van der Waals surface area contributed by atoms with Crippen LogP contribution >= 0.6 is 0 Å².